The maximum Gasteiger partial charge on any atom is 0.419 e. The van der Waals surface area contributed by atoms with Crippen LogP contribution in [0.15, 0.2) is 55.5 Å². The van der Waals surface area contributed by atoms with Gasteiger partial charge in [-0.25, -0.2) is 29.0 Å². The molecule has 6 rings (SSSR count). The summed E-state index contributed by atoms with van der Waals surface area (Å²) in [5.41, 5.74) is 0.514. The summed E-state index contributed by atoms with van der Waals surface area (Å²) >= 11 is 0. The third kappa shape index (κ3) is 4.46. The van der Waals surface area contributed by atoms with Gasteiger partial charge in [-0.15, -0.1) is 5.10 Å². The molecular weight excluding hydrogens is 506 g/mol. The van der Waals surface area contributed by atoms with Gasteiger partial charge < -0.3 is 10.2 Å². The Kier molecular flexibility index (Phi) is 5.81. The van der Waals surface area contributed by atoms with E-state index >= 15 is 0 Å². The molecule has 1 saturated heterocycles. The molecule has 0 amide bonds. The van der Waals surface area contributed by atoms with Crippen LogP contribution in [0.5, 0.6) is 0 Å². The van der Waals surface area contributed by atoms with Crippen LogP contribution in [0.4, 0.5) is 35.0 Å². The van der Waals surface area contributed by atoms with Gasteiger partial charge in [-0.3, -0.25) is 4.40 Å². The van der Waals surface area contributed by atoms with Gasteiger partial charge >= 0.3 is 6.18 Å². The van der Waals surface area contributed by atoms with Crippen LogP contribution in [-0.2, 0) is 6.18 Å². The first kappa shape index (κ1) is 23.7. The van der Waals surface area contributed by atoms with Crippen molar-refractivity contribution in [1.82, 2.24) is 44.5 Å². The second-order valence-electron chi connectivity index (χ2n) is 8.72. The highest BCUT2D eigenvalue weighted by atomic mass is 19.4. The third-order valence-corrected chi connectivity index (χ3v) is 6.42. The van der Waals surface area contributed by atoms with Crippen molar-refractivity contribution in [3.63, 3.8) is 0 Å². The predicted molar refractivity (Wildman–Crippen MR) is 127 cm³/mol. The SMILES string of the molecule is Fc1cc(-n2cnnn2)ccc1Nc1nccn2c(C3CCN(c4ncc(C(F)(F)F)cn4)CC3)ncc12. The van der Waals surface area contributed by atoms with Crippen molar-refractivity contribution in [2.45, 2.75) is 24.9 Å². The minimum absolute atomic E-state index is 0.103. The first-order chi connectivity index (χ1) is 18.4. The summed E-state index contributed by atoms with van der Waals surface area (Å²) in [5, 5.41) is 13.9. The number of rotatable bonds is 5. The molecule has 5 aromatic rings. The van der Waals surface area contributed by atoms with Gasteiger partial charge in [0.1, 0.15) is 23.5 Å². The van der Waals surface area contributed by atoms with Gasteiger partial charge in [0, 0.05) is 49.9 Å². The van der Waals surface area contributed by atoms with E-state index in [0.29, 0.717) is 43.0 Å². The quantitative estimate of drug-likeness (QED) is 0.342. The Morgan fingerprint density at radius 2 is 1.76 bits per heavy atom. The molecule has 0 radical (unpaired) electrons. The molecule has 1 fully saturated rings. The molecular formula is C23H19F4N11. The molecule has 0 unspecified atom stereocenters. The van der Waals surface area contributed by atoms with E-state index < -0.39 is 17.6 Å². The number of hydrogen-bond donors (Lipinski definition) is 1. The number of nitrogens with one attached hydrogen (secondary N) is 1. The highest BCUT2D eigenvalue weighted by Gasteiger charge is 2.32. The standard InChI is InChI=1S/C23H19F4N11/c24-17-9-16(38-13-32-34-35-38)1-2-18(17)33-20-19-12-29-21(37(19)8-5-28-20)14-3-6-36(7-4-14)22-30-10-15(11-31-22)23(25,26)27/h1-2,5,8-14H,3-4,6-7H2,(H,28,33). The predicted octanol–water partition coefficient (Wildman–Crippen LogP) is 3.78. The fourth-order valence-corrected chi connectivity index (χ4v) is 4.47. The molecule has 0 atom stereocenters. The Morgan fingerprint density at radius 1 is 0.974 bits per heavy atom. The van der Waals surface area contributed by atoms with Gasteiger partial charge in [-0.1, -0.05) is 0 Å². The van der Waals surface area contributed by atoms with Gasteiger partial charge in [0.15, 0.2) is 5.82 Å². The van der Waals surface area contributed by atoms with Crippen LogP contribution in [0.2, 0.25) is 0 Å². The molecule has 0 bridgehead atoms. The van der Waals surface area contributed by atoms with E-state index in [1.165, 1.54) is 17.1 Å². The number of benzene rings is 1. The molecule has 38 heavy (non-hydrogen) atoms. The molecule has 1 N–H and O–H groups in total. The monoisotopic (exact) mass is 525 g/mol. The third-order valence-electron chi connectivity index (χ3n) is 6.42. The maximum atomic E-state index is 14.8. The summed E-state index contributed by atoms with van der Waals surface area (Å²) in [7, 11) is 0. The Labute approximate surface area is 212 Å². The molecule has 4 aromatic heterocycles. The lowest BCUT2D eigenvalue weighted by Gasteiger charge is -2.31. The Bertz CT molecular complexity index is 1560. The van der Waals surface area contributed by atoms with Crippen LogP contribution < -0.4 is 10.2 Å². The minimum Gasteiger partial charge on any atom is -0.341 e. The Balaban J connectivity index is 1.17. The van der Waals surface area contributed by atoms with Crippen LogP contribution in [0.25, 0.3) is 11.2 Å². The molecule has 1 aliphatic rings. The van der Waals surface area contributed by atoms with Crippen molar-refractivity contribution in [3.05, 3.63) is 72.7 Å². The van der Waals surface area contributed by atoms with Crippen LogP contribution >= 0.6 is 0 Å². The van der Waals surface area contributed by atoms with Crippen molar-refractivity contribution in [2.75, 3.05) is 23.3 Å². The van der Waals surface area contributed by atoms with Crippen molar-refractivity contribution in [2.24, 2.45) is 0 Å². The summed E-state index contributed by atoms with van der Waals surface area (Å²) in [4.78, 5) is 18.7. The molecule has 1 aromatic carbocycles. The molecule has 0 aliphatic carbocycles. The Morgan fingerprint density at radius 3 is 2.45 bits per heavy atom. The number of tetrazole rings is 1. The number of nitrogens with zero attached hydrogens (tertiary/aromatic N) is 10. The normalized spacial score (nSPS) is 14.8. The number of piperidine rings is 1. The molecule has 194 valence electrons. The topological polar surface area (TPSA) is 115 Å². The van der Waals surface area contributed by atoms with Crippen LogP contribution in [0.1, 0.15) is 30.1 Å². The number of aromatic nitrogens is 9. The lowest BCUT2D eigenvalue weighted by molar-refractivity contribution is -0.138. The average Bonchev–Trinajstić information content (AvgIpc) is 3.61. The largest absolute Gasteiger partial charge is 0.419 e. The van der Waals surface area contributed by atoms with E-state index in [9.17, 15) is 17.6 Å². The second kappa shape index (κ2) is 9.32. The number of imidazole rings is 1. The van der Waals surface area contributed by atoms with Crippen LogP contribution in [-0.4, -0.2) is 57.6 Å². The smallest absolute Gasteiger partial charge is 0.341 e. The van der Waals surface area contributed by atoms with E-state index in [1.807, 2.05) is 9.30 Å². The second-order valence-corrected chi connectivity index (χ2v) is 8.72. The maximum absolute atomic E-state index is 14.8. The summed E-state index contributed by atoms with van der Waals surface area (Å²) in [6.45, 7) is 1.14. The van der Waals surface area contributed by atoms with Gasteiger partial charge in [0.2, 0.25) is 5.95 Å². The minimum atomic E-state index is -4.47. The van der Waals surface area contributed by atoms with E-state index in [-0.39, 0.29) is 17.6 Å². The van der Waals surface area contributed by atoms with Crippen LogP contribution in [0.3, 0.4) is 0 Å². The van der Waals surface area contributed by atoms with Crippen LogP contribution in [0, 0.1) is 5.82 Å². The summed E-state index contributed by atoms with van der Waals surface area (Å²) < 4.78 is 56.5. The zero-order valence-corrected chi connectivity index (χ0v) is 19.6. The fourth-order valence-electron chi connectivity index (χ4n) is 4.47. The van der Waals surface area contributed by atoms with E-state index in [1.54, 1.807) is 30.7 Å². The van der Waals surface area contributed by atoms with E-state index in [2.05, 4.69) is 40.8 Å². The van der Waals surface area contributed by atoms with Gasteiger partial charge in [-0.05, 0) is 35.4 Å². The van der Waals surface area contributed by atoms with E-state index in [4.69, 9.17) is 0 Å². The van der Waals surface area contributed by atoms with Crippen molar-refractivity contribution in [1.29, 1.82) is 0 Å². The zero-order valence-electron chi connectivity index (χ0n) is 19.6. The number of anilines is 3. The number of alkyl halides is 3. The first-order valence-corrected chi connectivity index (χ1v) is 11.6. The number of hydrogen-bond acceptors (Lipinski definition) is 9. The van der Waals surface area contributed by atoms with Gasteiger partial charge in [0.05, 0.1) is 23.1 Å². The van der Waals surface area contributed by atoms with Crippen molar-refractivity contribution in [3.8, 4) is 5.69 Å². The lowest BCUT2D eigenvalue weighted by atomic mass is 9.96. The Hall–Kier alpha value is -4.69. The van der Waals surface area contributed by atoms with Gasteiger partial charge in [-0.2, -0.15) is 13.2 Å². The summed E-state index contributed by atoms with van der Waals surface area (Å²) in [6.07, 6.45) is 5.03. The fraction of sp³-hybridized carbons (Fsp3) is 0.261. The lowest BCUT2D eigenvalue weighted by Crippen LogP contribution is -2.34. The highest BCUT2D eigenvalue weighted by molar-refractivity contribution is 5.73. The molecule has 1 aliphatic heterocycles. The average molecular weight is 525 g/mol. The first-order valence-electron chi connectivity index (χ1n) is 11.6. The molecule has 15 heteroatoms. The summed E-state index contributed by atoms with van der Waals surface area (Å²) in [5.74, 6) is 1.14. The number of fused-ring (bicyclic) bond motifs is 1. The molecule has 5 heterocycles. The number of halogens is 4. The molecule has 0 saturated carbocycles. The zero-order chi connectivity index (χ0) is 26.3. The van der Waals surface area contributed by atoms with Gasteiger partial charge in [0.25, 0.3) is 0 Å². The highest BCUT2D eigenvalue weighted by Crippen LogP contribution is 2.32. The summed E-state index contributed by atoms with van der Waals surface area (Å²) in [6, 6.07) is 4.57. The van der Waals surface area contributed by atoms with Crippen molar-refractivity contribution < 1.29 is 17.6 Å². The molecule has 0 spiro atoms. The van der Waals surface area contributed by atoms with Crippen molar-refractivity contribution >= 4 is 23.0 Å². The van der Waals surface area contributed by atoms with E-state index in [0.717, 1.165) is 18.2 Å². The molecule has 11 nitrogen and oxygen atoms in total.